The van der Waals surface area contributed by atoms with Gasteiger partial charge >= 0.3 is 0 Å². The predicted molar refractivity (Wildman–Crippen MR) is 158 cm³/mol. The van der Waals surface area contributed by atoms with Gasteiger partial charge in [-0.25, -0.2) is 23.4 Å². The normalized spacial score (nSPS) is 16.3. The summed E-state index contributed by atoms with van der Waals surface area (Å²) < 4.78 is 46.5. The lowest BCUT2D eigenvalue weighted by atomic mass is 9.92. The summed E-state index contributed by atoms with van der Waals surface area (Å²) in [6, 6.07) is 5.56. The fourth-order valence-corrected chi connectivity index (χ4v) is 7.23. The van der Waals surface area contributed by atoms with Crippen molar-refractivity contribution < 1.29 is 27.6 Å². The quantitative estimate of drug-likeness (QED) is 0.234. The third kappa shape index (κ3) is 5.58. The van der Waals surface area contributed by atoms with Gasteiger partial charge in [0.2, 0.25) is 4.96 Å². The molecule has 6 rings (SSSR count). The van der Waals surface area contributed by atoms with Gasteiger partial charge in [0, 0.05) is 30.7 Å². The number of benzene rings is 1. The molecule has 218 valence electrons. The smallest absolute Gasteiger partial charge is 0.294 e. The first-order chi connectivity index (χ1) is 19.7. The summed E-state index contributed by atoms with van der Waals surface area (Å²) in [5.74, 6) is 1.81. The fraction of sp³-hybridized carbons (Fsp3) is 0.444. The van der Waals surface area contributed by atoms with E-state index >= 15 is 0 Å². The Morgan fingerprint density at radius 3 is 2.66 bits per heavy atom. The molecule has 14 heteroatoms. The number of thiazole rings is 1. The zero-order chi connectivity index (χ0) is 28.8. The van der Waals surface area contributed by atoms with Crippen LogP contribution in [0.5, 0.6) is 16.7 Å². The predicted octanol–water partition coefficient (Wildman–Crippen LogP) is 5.31. The van der Waals surface area contributed by atoms with Gasteiger partial charge in [-0.15, -0.1) is 16.4 Å². The zero-order valence-electron chi connectivity index (χ0n) is 23.4. The van der Waals surface area contributed by atoms with Crippen molar-refractivity contribution in [2.24, 2.45) is 0 Å². The van der Waals surface area contributed by atoms with Gasteiger partial charge in [-0.3, -0.25) is 0 Å². The van der Waals surface area contributed by atoms with E-state index in [2.05, 4.69) is 14.8 Å². The maximum absolute atomic E-state index is 13.1. The molecule has 0 saturated carbocycles. The summed E-state index contributed by atoms with van der Waals surface area (Å²) >= 11 is 2.90. The molecule has 11 nitrogen and oxygen atoms in total. The van der Waals surface area contributed by atoms with E-state index in [1.54, 1.807) is 36.3 Å². The zero-order valence-corrected chi connectivity index (χ0v) is 25.8. The molecular weight excluding hydrogens is 587 g/mol. The minimum absolute atomic E-state index is 0.248. The molecule has 1 atom stereocenters. The Morgan fingerprint density at radius 1 is 1.15 bits per heavy atom. The van der Waals surface area contributed by atoms with Crippen LogP contribution in [-0.4, -0.2) is 56.0 Å². The Hall–Kier alpha value is -3.04. The average molecular weight is 618 g/mol. The van der Waals surface area contributed by atoms with Crippen molar-refractivity contribution in [3.63, 3.8) is 0 Å². The van der Waals surface area contributed by atoms with Gasteiger partial charge in [0.25, 0.3) is 5.19 Å². The molecule has 1 saturated heterocycles. The van der Waals surface area contributed by atoms with Crippen molar-refractivity contribution in [3.05, 3.63) is 40.5 Å². The van der Waals surface area contributed by atoms with Crippen molar-refractivity contribution >= 4 is 49.6 Å². The maximum Gasteiger partial charge on any atom is 0.294 e. The monoisotopic (exact) mass is 617 g/mol. The number of hydrogen-bond donors (Lipinski definition) is 1. The second-order valence-corrected chi connectivity index (χ2v) is 14.4. The molecule has 41 heavy (non-hydrogen) atoms. The Morgan fingerprint density at radius 2 is 1.95 bits per heavy atom. The number of furan rings is 1. The van der Waals surface area contributed by atoms with E-state index < -0.39 is 21.3 Å². The van der Waals surface area contributed by atoms with E-state index in [1.807, 2.05) is 44.4 Å². The van der Waals surface area contributed by atoms with Crippen molar-refractivity contribution in [1.29, 1.82) is 0 Å². The molecule has 5 aromatic rings. The fourth-order valence-electron chi connectivity index (χ4n) is 4.48. The van der Waals surface area contributed by atoms with Crippen LogP contribution in [0.4, 0.5) is 0 Å². The number of methoxy groups -OCH3 is 2. The highest BCUT2D eigenvalue weighted by atomic mass is 32.2. The maximum atomic E-state index is 13.1. The van der Waals surface area contributed by atoms with Crippen LogP contribution in [0, 0.1) is 0 Å². The van der Waals surface area contributed by atoms with Crippen molar-refractivity contribution in [2.75, 3.05) is 27.4 Å². The number of rotatable bonds is 9. The second-order valence-electron chi connectivity index (χ2n) is 10.7. The summed E-state index contributed by atoms with van der Waals surface area (Å²) in [5.41, 5.74) is 1.55. The van der Waals surface area contributed by atoms with Gasteiger partial charge in [-0.1, -0.05) is 0 Å². The van der Waals surface area contributed by atoms with Gasteiger partial charge in [0.05, 0.1) is 52.8 Å². The van der Waals surface area contributed by atoms with Crippen molar-refractivity contribution in [3.8, 4) is 28.1 Å². The molecule has 0 aliphatic carbocycles. The molecule has 1 aromatic carbocycles. The van der Waals surface area contributed by atoms with Gasteiger partial charge in [0.15, 0.2) is 5.76 Å². The molecule has 0 radical (unpaired) electrons. The van der Waals surface area contributed by atoms with Crippen LogP contribution in [0.15, 0.2) is 34.2 Å². The number of nitrogens with one attached hydrogen (secondary N) is 1. The van der Waals surface area contributed by atoms with Crippen LogP contribution in [0.25, 0.3) is 27.4 Å². The number of ether oxygens (including phenoxy) is 4. The second kappa shape index (κ2) is 11.0. The number of imidazole rings is 1. The molecule has 1 fully saturated rings. The summed E-state index contributed by atoms with van der Waals surface area (Å²) in [6.45, 7) is 7.31. The largest absolute Gasteiger partial charge is 0.496 e. The van der Waals surface area contributed by atoms with E-state index in [-0.39, 0.29) is 6.61 Å². The highest BCUT2D eigenvalue weighted by molar-refractivity contribution is 7.84. The molecule has 0 bridgehead atoms. The molecule has 4 aromatic heterocycles. The average Bonchev–Trinajstić information content (AvgIpc) is 3.74. The van der Waals surface area contributed by atoms with E-state index in [0.717, 1.165) is 16.1 Å². The number of aromatic nitrogens is 4. The van der Waals surface area contributed by atoms with Crippen molar-refractivity contribution in [1.82, 2.24) is 24.3 Å². The third-order valence-electron chi connectivity index (χ3n) is 6.79. The molecule has 1 aliphatic rings. The van der Waals surface area contributed by atoms with Crippen LogP contribution < -0.4 is 18.9 Å². The summed E-state index contributed by atoms with van der Waals surface area (Å²) in [6.07, 6.45) is 3.20. The van der Waals surface area contributed by atoms with E-state index in [9.17, 15) is 4.21 Å². The highest BCUT2D eigenvalue weighted by Gasteiger charge is 2.40. The lowest BCUT2D eigenvalue weighted by molar-refractivity contribution is 0.0460. The molecule has 0 spiro atoms. The number of nitrogens with zero attached hydrogens (tertiary/aromatic N) is 4. The van der Waals surface area contributed by atoms with Crippen LogP contribution in [0.2, 0.25) is 0 Å². The topological polar surface area (TPSA) is 122 Å². The minimum Gasteiger partial charge on any atom is -0.496 e. The van der Waals surface area contributed by atoms with Crippen LogP contribution in [0.3, 0.4) is 0 Å². The summed E-state index contributed by atoms with van der Waals surface area (Å²) in [5, 5.41) is 8.55. The standard InChI is InChI=1S/C27H31N5O6S3/c1-26(2,3)41(33)31-27(6-8-36-9-7-27)23-28-16(15-39-23)14-37-20-10-17(34-4)11-21-18(20)12-22(38-21)19-13-32-24(29-19)40-25(30-32)35-5/h10-13,15,31H,6-9,14H2,1-5H3. The van der Waals surface area contributed by atoms with E-state index in [1.165, 1.54) is 11.3 Å². The number of fused-ring (bicyclic) bond motifs is 2. The molecule has 5 heterocycles. The molecule has 1 aliphatic heterocycles. The molecule has 1 N–H and O–H groups in total. The first kappa shape index (κ1) is 28.1. The minimum atomic E-state index is -1.25. The summed E-state index contributed by atoms with van der Waals surface area (Å²) in [4.78, 5) is 10.3. The van der Waals surface area contributed by atoms with E-state index in [4.69, 9.17) is 28.3 Å². The van der Waals surface area contributed by atoms with Gasteiger partial charge in [-0.2, -0.15) is 0 Å². The Bertz CT molecular complexity index is 1680. The SMILES string of the molecule is COc1cc(OCc2csc(C3(NS(=O)C(C)(C)C)CCOCC3)n2)c2cc(-c3cn4nc(OC)sc4n3)oc2c1. The Kier molecular flexibility index (Phi) is 7.53. The lowest BCUT2D eigenvalue weighted by Gasteiger charge is -2.37. The number of hydrogen-bond acceptors (Lipinski definition) is 11. The molecule has 0 amide bonds. The van der Waals surface area contributed by atoms with Gasteiger partial charge in [-0.05, 0) is 51.0 Å². The van der Waals surface area contributed by atoms with Gasteiger partial charge in [0.1, 0.15) is 34.4 Å². The Balaban J connectivity index is 1.25. The first-order valence-electron chi connectivity index (χ1n) is 13.0. The van der Waals surface area contributed by atoms with Gasteiger partial charge < -0.3 is 23.4 Å². The van der Waals surface area contributed by atoms with E-state index in [0.29, 0.717) is 64.7 Å². The van der Waals surface area contributed by atoms with Crippen LogP contribution >= 0.6 is 22.7 Å². The van der Waals surface area contributed by atoms with Crippen molar-refractivity contribution in [2.45, 2.75) is 50.5 Å². The highest BCUT2D eigenvalue weighted by Crippen LogP contribution is 2.39. The van der Waals surface area contributed by atoms with Crippen LogP contribution in [0.1, 0.15) is 44.3 Å². The third-order valence-corrected chi connectivity index (χ3v) is 10.5. The lowest BCUT2D eigenvalue weighted by Crippen LogP contribution is -2.51. The summed E-state index contributed by atoms with van der Waals surface area (Å²) in [7, 11) is 1.93. The Labute approximate surface area is 247 Å². The van der Waals surface area contributed by atoms with Crippen LogP contribution in [-0.2, 0) is 27.9 Å². The molecular formula is C27H31N5O6S3. The first-order valence-corrected chi connectivity index (χ1v) is 15.9. The molecule has 1 unspecified atom stereocenters.